The molecule has 0 amide bonds. The van der Waals surface area contributed by atoms with E-state index in [0.717, 1.165) is 11.1 Å². The molecule has 0 spiro atoms. The average molecular weight is 365 g/mol. The van der Waals surface area contributed by atoms with Crippen molar-refractivity contribution in [1.29, 1.82) is 0 Å². The lowest BCUT2D eigenvalue weighted by molar-refractivity contribution is -0.118. The Labute approximate surface area is 150 Å². The number of amidine groups is 1. The monoisotopic (exact) mass is 364 g/mol. The van der Waals surface area contributed by atoms with Gasteiger partial charge in [0.1, 0.15) is 11.6 Å². The van der Waals surface area contributed by atoms with Crippen LogP contribution in [0.4, 0.5) is 10.1 Å². The highest BCUT2D eigenvalue weighted by atomic mass is 35.5. The van der Waals surface area contributed by atoms with Crippen LogP contribution in [0.3, 0.4) is 0 Å². The first-order chi connectivity index (χ1) is 11.5. The fourth-order valence-corrected chi connectivity index (χ4v) is 3.00. The number of aliphatic imine (C=N–C) groups is 1. The minimum absolute atomic E-state index is 0.0115. The molecule has 126 valence electrons. The van der Waals surface area contributed by atoms with Crippen molar-refractivity contribution in [2.45, 2.75) is 25.5 Å². The Morgan fingerprint density at radius 1 is 1.25 bits per heavy atom. The van der Waals surface area contributed by atoms with Crippen molar-refractivity contribution in [3.8, 4) is 0 Å². The molecule has 2 aromatic rings. The molecule has 2 aromatic carbocycles. The second-order valence-electron chi connectivity index (χ2n) is 5.17. The van der Waals surface area contributed by atoms with Gasteiger partial charge in [0, 0.05) is 18.6 Å². The van der Waals surface area contributed by atoms with E-state index in [0.29, 0.717) is 29.4 Å². The van der Waals surface area contributed by atoms with E-state index in [1.807, 2.05) is 31.2 Å². The summed E-state index contributed by atoms with van der Waals surface area (Å²) in [6.07, 6.45) is 0.953. The minimum Gasteiger partial charge on any atom is -0.378 e. The second-order valence-corrected chi connectivity index (χ2v) is 6.58. The van der Waals surface area contributed by atoms with Crippen LogP contribution in [-0.4, -0.2) is 11.0 Å². The Morgan fingerprint density at radius 3 is 2.62 bits per heavy atom. The summed E-state index contributed by atoms with van der Waals surface area (Å²) in [5.74, 6) is 0.323. The van der Waals surface area contributed by atoms with Crippen LogP contribution < -0.4 is 5.73 Å². The van der Waals surface area contributed by atoms with Gasteiger partial charge in [0.15, 0.2) is 5.17 Å². The molecule has 0 radical (unpaired) electrons. The fourth-order valence-electron chi connectivity index (χ4n) is 2.07. The van der Waals surface area contributed by atoms with Crippen LogP contribution in [0.2, 0.25) is 5.02 Å². The van der Waals surface area contributed by atoms with Gasteiger partial charge in [-0.05, 0) is 29.3 Å². The molecule has 0 saturated carbocycles. The number of carbonyl (C=O) groups excluding carboxylic acids is 1. The first-order valence-corrected chi connectivity index (χ1v) is 8.86. The summed E-state index contributed by atoms with van der Waals surface area (Å²) in [6.45, 7) is 1.86. The lowest BCUT2D eigenvalue weighted by Crippen LogP contribution is -2.08. The van der Waals surface area contributed by atoms with Gasteiger partial charge in [-0.3, -0.25) is 4.79 Å². The van der Waals surface area contributed by atoms with E-state index in [1.165, 1.54) is 30.0 Å². The Morgan fingerprint density at radius 2 is 1.96 bits per heavy atom. The maximum atomic E-state index is 13.1. The number of rotatable bonds is 6. The summed E-state index contributed by atoms with van der Waals surface area (Å²) >= 11 is 7.09. The highest BCUT2D eigenvalue weighted by Crippen LogP contribution is 2.23. The molecule has 0 heterocycles. The van der Waals surface area contributed by atoms with E-state index >= 15 is 0 Å². The number of hydrogen-bond acceptors (Lipinski definition) is 3. The quantitative estimate of drug-likeness (QED) is 0.587. The van der Waals surface area contributed by atoms with Crippen molar-refractivity contribution < 1.29 is 9.18 Å². The molecule has 6 heteroatoms. The predicted octanol–water partition coefficient (Wildman–Crippen LogP) is 4.88. The lowest BCUT2D eigenvalue weighted by Gasteiger charge is -2.08. The van der Waals surface area contributed by atoms with Crippen molar-refractivity contribution >= 4 is 40.0 Å². The molecule has 2 N–H and O–H groups in total. The van der Waals surface area contributed by atoms with Crippen LogP contribution in [0.25, 0.3) is 0 Å². The third-order valence-electron chi connectivity index (χ3n) is 3.42. The molecule has 24 heavy (non-hydrogen) atoms. The third kappa shape index (κ3) is 5.35. The first-order valence-electron chi connectivity index (χ1n) is 7.50. The topological polar surface area (TPSA) is 55.5 Å². The van der Waals surface area contributed by atoms with Gasteiger partial charge >= 0.3 is 0 Å². The molecule has 0 aliphatic heterocycles. The zero-order chi connectivity index (χ0) is 17.5. The molecule has 0 aliphatic rings. The largest absolute Gasteiger partial charge is 0.378 e. The highest BCUT2D eigenvalue weighted by molar-refractivity contribution is 8.13. The van der Waals surface area contributed by atoms with Crippen LogP contribution in [0.15, 0.2) is 47.5 Å². The number of hydrogen-bond donors (Lipinski definition) is 1. The average Bonchev–Trinajstić information content (AvgIpc) is 2.57. The number of carbonyl (C=O) groups is 1. The van der Waals surface area contributed by atoms with Gasteiger partial charge in [-0.2, -0.15) is 0 Å². The summed E-state index contributed by atoms with van der Waals surface area (Å²) in [4.78, 5) is 15.9. The summed E-state index contributed by atoms with van der Waals surface area (Å²) in [7, 11) is 0. The van der Waals surface area contributed by atoms with Crippen LogP contribution in [0.1, 0.15) is 24.5 Å². The zero-order valence-corrected chi connectivity index (χ0v) is 14.8. The lowest BCUT2D eigenvalue weighted by atomic mass is 10.0. The number of benzene rings is 2. The Balaban J connectivity index is 2.06. The van der Waals surface area contributed by atoms with Crippen molar-refractivity contribution in [1.82, 2.24) is 0 Å². The Kier molecular flexibility index (Phi) is 6.82. The van der Waals surface area contributed by atoms with Gasteiger partial charge in [-0.25, -0.2) is 9.38 Å². The molecule has 0 fully saturated rings. The van der Waals surface area contributed by atoms with Gasteiger partial charge < -0.3 is 5.73 Å². The van der Waals surface area contributed by atoms with Crippen molar-refractivity contribution in [3.63, 3.8) is 0 Å². The molecule has 3 nitrogen and oxygen atoms in total. The van der Waals surface area contributed by atoms with E-state index in [9.17, 15) is 9.18 Å². The zero-order valence-electron chi connectivity index (χ0n) is 13.3. The van der Waals surface area contributed by atoms with E-state index in [2.05, 4.69) is 4.99 Å². The summed E-state index contributed by atoms with van der Waals surface area (Å²) < 4.78 is 13.1. The number of Topliss-reactive ketones (excluding diaryl/α,β-unsaturated/α-hetero) is 1. The standard InChI is InChI=1S/C18H18ClFN2OS/c1-2-15(23)9-12-5-3-4-6-13(12)11-24-18(21)22-14-7-8-17(20)16(19)10-14/h3-8,10H,2,9,11H2,1H3,(H2,21,22). The number of nitrogens with zero attached hydrogens (tertiary/aromatic N) is 1. The number of thioether (sulfide) groups is 1. The van der Waals surface area contributed by atoms with Gasteiger partial charge in [0.25, 0.3) is 0 Å². The second kappa shape index (κ2) is 8.85. The van der Waals surface area contributed by atoms with Gasteiger partial charge in [-0.1, -0.05) is 54.6 Å². The SMILES string of the molecule is CCC(=O)Cc1ccccc1CSC(N)=Nc1ccc(F)c(Cl)c1. The maximum absolute atomic E-state index is 13.1. The molecule has 0 saturated heterocycles. The minimum atomic E-state index is -0.489. The van der Waals surface area contributed by atoms with Gasteiger partial charge in [0.2, 0.25) is 0 Å². The number of halogens is 2. The van der Waals surface area contributed by atoms with E-state index < -0.39 is 5.82 Å². The highest BCUT2D eigenvalue weighted by Gasteiger charge is 2.08. The van der Waals surface area contributed by atoms with Crippen LogP contribution >= 0.6 is 23.4 Å². The molecule has 2 rings (SSSR count). The molecule has 0 unspecified atom stereocenters. The Bertz CT molecular complexity index is 764. The molecule has 0 bridgehead atoms. The van der Waals surface area contributed by atoms with E-state index in [-0.39, 0.29) is 10.8 Å². The number of ketones is 1. The van der Waals surface area contributed by atoms with Crippen molar-refractivity contribution in [2.24, 2.45) is 10.7 Å². The predicted molar refractivity (Wildman–Crippen MR) is 99.4 cm³/mol. The Hall–Kier alpha value is -1.85. The maximum Gasteiger partial charge on any atom is 0.159 e. The van der Waals surface area contributed by atoms with Crippen molar-refractivity contribution in [3.05, 3.63) is 64.4 Å². The first kappa shape index (κ1) is 18.5. The van der Waals surface area contributed by atoms with Gasteiger partial charge in [-0.15, -0.1) is 0 Å². The van der Waals surface area contributed by atoms with Crippen LogP contribution in [0, 0.1) is 5.82 Å². The van der Waals surface area contributed by atoms with E-state index in [1.54, 1.807) is 0 Å². The van der Waals surface area contributed by atoms with Crippen LogP contribution in [-0.2, 0) is 17.0 Å². The molecule has 0 aromatic heterocycles. The van der Waals surface area contributed by atoms with E-state index in [4.69, 9.17) is 17.3 Å². The molecular weight excluding hydrogens is 347 g/mol. The smallest absolute Gasteiger partial charge is 0.159 e. The molecule has 0 atom stereocenters. The summed E-state index contributed by atoms with van der Waals surface area (Å²) in [6, 6.07) is 12.0. The molecule has 0 aliphatic carbocycles. The normalized spacial score (nSPS) is 11.5. The van der Waals surface area contributed by atoms with Gasteiger partial charge in [0.05, 0.1) is 10.7 Å². The fraction of sp³-hybridized carbons (Fsp3) is 0.222. The third-order valence-corrected chi connectivity index (χ3v) is 4.55. The number of nitrogens with two attached hydrogens (primary N) is 1. The summed E-state index contributed by atoms with van der Waals surface area (Å²) in [5, 5.41) is 0.367. The summed E-state index contributed by atoms with van der Waals surface area (Å²) in [5.41, 5.74) is 8.49. The van der Waals surface area contributed by atoms with Crippen LogP contribution in [0.5, 0.6) is 0 Å². The molecular formula is C18H18ClFN2OS. The van der Waals surface area contributed by atoms with Crippen molar-refractivity contribution in [2.75, 3.05) is 0 Å².